The highest BCUT2D eigenvalue weighted by Crippen LogP contribution is 2.18. The molecule has 0 N–H and O–H groups in total. The molecule has 0 bridgehead atoms. The highest BCUT2D eigenvalue weighted by atomic mass is 19.1. The average molecular weight is 231 g/mol. The highest BCUT2D eigenvalue weighted by Gasteiger charge is 2.01. The lowest BCUT2D eigenvalue weighted by Crippen LogP contribution is -1.82. The Kier molecular flexibility index (Phi) is 3.09. The Morgan fingerprint density at radius 2 is 1.94 bits per heavy atom. The maximum Gasteiger partial charge on any atom is 0.126 e. The lowest BCUT2D eigenvalue weighted by Gasteiger charge is -1.97. The summed E-state index contributed by atoms with van der Waals surface area (Å²) in [6, 6.07) is 6.72. The second kappa shape index (κ2) is 4.53. The van der Waals surface area contributed by atoms with Crippen LogP contribution in [-0.4, -0.2) is 6.21 Å². The Labute approximate surface area is 99.8 Å². The molecule has 2 aromatic rings. The van der Waals surface area contributed by atoms with Gasteiger partial charge in [-0.2, -0.15) is 0 Å². The maximum atomic E-state index is 13.1. The molecule has 0 aliphatic rings. The zero-order valence-electron chi connectivity index (χ0n) is 10.1. The van der Waals surface area contributed by atoms with E-state index in [1.165, 1.54) is 6.07 Å². The molecule has 0 saturated carbocycles. The van der Waals surface area contributed by atoms with E-state index in [-0.39, 0.29) is 5.82 Å². The molecule has 0 atom stereocenters. The fourth-order valence-corrected chi connectivity index (χ4v) is 1.63. The van der Waals surface area contributed by atoms with E-state index in [9.17, 15) is 4.39 Å². The lowest BCUT2D eigenvalue weighted by atomic mass is 10.2. The fraction of sp³-hybridized carbons (Fsp3) is 0.214. The summed E-state index contributed by atoms with van der Waals surface area (Å²) in [6.45, 7) is 5.51. The van der Waals surface area contributed by atoms with Crippen LogP contribution in [-0.2, 0) is 0 Å². The first-order valence-corrected chi connectivity index (χ1v) is 5.43. The lowest BCUT2D eigenvalue weighted by molar-refractivity contribution is 0.504. The van der Waals surface area contributed by atoms with Crippen molar-refractivity contribution in [3.05, 3.63) is 52.7 Å². The Balaban J connectivity index is 2.26. The van der Waals surface area contributed by atoms with Gasteiger partial charge in [-0.25, -0.2) is 4.39 Å². The summed E-state index contributed by atoms with van der Waals surface area (Å²) in [5.41, 5.74) is 2.28. The van der Waals surface area contributed by atoms with Crippen molar-refractivity contribution in [2.45, 2.75) is 20.8 Å². The molecule has 0 fully saturated rings. The minimum atomic E-state index is -0.209. The zero-order chi connectivity index (χ0) is 12.4. The van der Waals surface area contributed by atoms with Crippen LogP contribution < -0.4 is 0 Å². The number of nitrogens with zero attached hydrogens (tertiary/aromatic N) is 1. The summed E-state index contributed by atoms with van der Waals surface area (Å²) >= 11 is 0. The average Bonchev–Trinajstić information content (AvgIpc) is 2.59. The molecule has 1 aromatic heterocycles. The number of hydrogen-bond donors (Lipinski definition) is 0. The van der Waals surface area contributed by atoms with Crippen molar-refractivity contribution >= 4 is 11.9 Å². The van der Waals surface area contributed by atoms with Crippen molar-refractivity contribution in [3.8, 4) is 0 Å². The Morgan fingerprint density at radius 1 is 1.18 bits per heavy atom. The zero-order valence-corrected chi connectivity index (χ0v) is 10.1. The van der Waals surface area contributed by atoms with Gasteiger partial charge in [-0.15, -0.1) is 0 Å². The summed E-state index contributed by atoms with van der Waals surface area (Å²) in [6.07, 6.45) is 1.73. The predicted molar refractivity (Wildman–Crippen MR) is 66.6 cm³/mol. The first-order valence-electron chi connectivity index (χ1n) is 5.43. The number of aliphatic imine (C=N–C) groups is 1. The quantitative estimate of drug-likeness (QED) is 0.714. The van der Waals surface area contributed by atoms with Crippen LogP contribution in [0.5, 0.6) is 0 Å². The minimum Gasteiger partial charge on any atom is -0.466 e. The van der Waals surface area contributed by atoms with Gasteiger partial charge in [-0.05, 0) is 50.6 Å². The molecule has 17 heavy (non-hydrogen) atoms. The van der Waals surface area contributed by atoms with Crippen LogP contribution in [0.15, 0.2) is 33.7 Å². The molecule has 3 heteroatoms. The van der Waals surface area contributed by atoms with Gasteiger partial charge in [0, 0.05) is 11.8 Å². The van der Waals surface area contributed by atoms with Gasteiger partial charge in [0.25, 0.3) is 0 Å². The first-order chi connectivity index (χ1) is 8.06. The van der Waals surface area contributed by atoms with E-state index in [4.69, 9.17) is 4.42 Å². The third kappa shape index (κ3) is 2.61. The first kappa shape index (κ1) is 11.6. The fourth-order valence-electron chi connectivity index (χ4n) is 1.63. The van der Waals surface area contributed by atoms with Gasteiger partial charge in [0.15, 0.2) is 0 Å². The Morgan fingerprint density at radius 3 is 2.53 bits per heavy atom. The molecule has 0 amide bonds. The van der Waals surface area contributed by atoms with E-state index >= 15 is 0 Å². The van der Waals surface area contributed by atoms with Crippen LogP contribution in [0.1, 0.15) is 22.6 Å². The molecule has 1 aromatic carbocycles. The number of benzene rings is 1. The minimum absolute atomic E-state index is 0.209. The molecular formula is C14H14FNO. The topological polar surface area (TPSA) is 25.5 Å². The smallest absolute Gasteiger partial charge is 0.126 e. The van der Waals surface area contributed by atoms with Gasteiger partial charge < -0.3 is 4.42 Å². The second-order valence-electron chi connectivity index (χ2n) is 4.06. The third-order valence-electron chi connectivity index (χ3n) is 2.57. The van der Waals surface area contributed by atoms with Crippen molar-refractivity contribution in [3.63, 3.8) is 0 Å². The molecule has 1 heterocycles. The monoisotopic (exact) mass is 231 g/mol. The molecular weight excluding hydrogens is 217 g/mol. The van der Waals surface area contributed by atoms with E-state index < -0.39 is 0 Å². The molecule has 0 radical (unpaired) electrons. The van der Waals surface area contributed by atoms with E-state index in [2.05, 4.69) is 4.99 Å². The molecule has 2 nitrogen and oxygen atoms in total. The van der Waals surface area contributed by atoms with Crippen LogP contribution in [0.25, 0.3) is 0 Å². The summed E-state index contributed by atoms with van der Waals surface area (Å²) in [5, 5.41) is 0. The molecule has 0 aliphatic carbocycles. The Hall–Kier alpha value is -1.90. The standard InChI is InChI=1S/C14H14FNO/c1-9-6-13(4-5-14(9)15)16-8-12-7-10(2)17-11(12)3/h4-8H,1-3H3. The van der Waals surface area contributed by atoms with E-state index in [1.807, 2.05) is 19.9 Å². The maximum absolute atomic E-state index is 13.1. The van der Waals surface area contributed by atoms with Crippen molar-refractivity contribution < 1.29 is 8.81 Å². The molecule has 88 valence electrons. The van der Waals surface area contributed by atoms with E-state index in [0.29, 0.717) is 5.56 Å². The van der Waals surface area contributed by atoms with Gasteiger partial charge in [0.2, 0.25) is 0 Å². The van der Waals surface area contributed by atoms with Gasteiger partial charge >= 0.3 is 0 Å². The van der Waals surface area contributed by atoms with Gasteiger partial charge in [-0.3, -0.25) is 4.99 Å². The number of hydrogen-bond acceptors (Lipinski definition) is 2. The number of aryl methyl sites for hydroxylation is 3. The van der Waals surface area contributed by atoms with Crippen molar-refractivity contribution in [2.75, 3.05) is 0 Å². The molecule has 2 rings (SSSR count). The van der Waals surface area contributed by atoms with Gasteiger partial charge in [0.1, 0.15) is 17.3 Å². The highest BCUT2D eigenvalue weighted by molar-refractivity contribution is 5.83. The number of furan rings is 1. The SMILES string of the molecule is Cc1cc(C=Nc2ccc(F)c(C)c2)c(C)o1. The summed E-state index contributed by atoms with van der Waals surface area (Å²) < 4.78 is 18.5. The van der Waals surface area contributed by atoms with Gasteiger partial charge in [0.05, 0.1) is 5.69 Å². The van der Waals surface area contributed by atoms with Crippen molar-refractivity contribution in [1.29, 1.82) is 0 Å². The van der Waals surface area contributed by atoms with Crippen LogP contribution in [0.4, 0.5) is 10.1 Å². The van der Waals surface area contributed by atoms with Gasteiger partial charge in [-0.1, -0.05) is 0 Å². The van der Waals surface area contributed by atoms with Crippen LogP contribution >= 0.6 is 0 Å². The van der Waals surface area contributed by atoms with Crippen LogP contribution in [0, 0.1) is 26.6 Å². The predicted octanol–water partition coefficient (Wildman–Crippen LogP) is 4.09. The molecule has 0 saturated heterocycles. The van der Waals surface area contributed by atoms with Crippen molar-refractivity contribution in [1.82, 2.24) is 0 Å². The normalized spacial score (nSPS) is 11.3. The van der Waals surface area contributed by atoms with E-state index in [1.54, 1.807) is 25.3 Å². The molecule has 0 aliphatic heterocycles. The number of rotatable bonds is 2. The van der Waals surface area contributed by atoms with Crippen LogP contribution in [0.2, 0.25) is 0 Å². The number of halogens is 1. The van der Waals surface area contributed by atoms with E-state index in [0.717, 1.165) is 22.8 Å². The summed E-state index contributed by atoms with van der Waals surface area (Å²) in [4.78, 5) is 4.30. The third-order valence-corrected chi connectivity index (χ3v) is 2.57. The summed E-state index contributed by atoms with van der Waals surface area (Å²) in [7, 11) is 0. The largest absolute Gasteiger partial charge is 0.466 e. The Bertz CT molecular complexity index is 570. The molecule has 0 unspecified atom stereocenters. The van der Waals surface area contributed by atoms with Crippen LogP contribution in [0.3, 0.4) is 0 Å². The summed E-state index contributed by atoms with van der Waals surface area (Å²) in [5.74, 6) is 1.49. The second-order valence-corrected chi connectivity index (χ2v) is 4.06. The molecule has 0 spiro atoms. The van der Waals surface area contributed by atoms with Crippen molar-refractivity contribution in [2.24, 2.45) is 4.99 Å².